The van der Waals surface area contributed by atoms with E-state index in [1.807, 2.05) is 19.9 Å². The molecular formula is C10H11BrN2. The first kappa shape index (κ1) is 10.1. The van der Waals surface area contributed by atoms with Crippen LogP contribution in [0.1, 0.15) is 12.5 Å². The van der Waals surface area contributed by atoms with Crippen LogP contribution >= 0.6 is 15.9 Å². The highest BCUT2D eigenvalue weighted by molar-refractivity contribution is 9.10. The van der Waals surface area contributed by atoms with Gasteiger partial charge in [0.25, 0.3) is 0 Å². The first-order valence-corrected chi connectivity index (χ1v) is 4.77. The molecule has 1 aromatic rings. The zero-order chi connectivity index (χ0) is 9.84. The first-order chi connectivity index (χ1) is 6.13. The van der Waals surface area contributed by atoms with E-state index in [9.17, 15) is 0 Å². The molecule has 1 aromatic heterocycles. The van der Waals surface area contributed by atoms with Crippen LogP contribution in [0.25, 0.3) is 0 Å². The van der Waals surface area contributed by atoms with Crippen molar-refractivity contribution < 1.29 is 0 Å². The molecular weight excluding hydrogens is 228 g/mol. The van der Waals surface area contributed by atoms with Gasteiger partial charge in [-0.05, 0) is 41.4 Å². The van der Waals surface area contributed by atoms with E-state index in [1.54, 1.807) is 6.20 Å². The quantitative estimate of drug-likeness (QED) is 0.802. The monoisotopic (exact) mass is 238 g/mol. The largest absolute Gasteiger partial charge is 0.356 e. The molecule has 0 spiro atoms. The number of aromatic nitrogens is 1. The third kappa shape index (κ3) is 2.74. The molecule has 0 radical (unpaired) electrons. The molecule has 1 rings (SSSR count). The van der Waals surface area contributed by atoms with Crippen molar-refractivity contribution in [2.75, 3.05) is 5.32 Å². The van der Waals surface area contributed by atoms with Gasteiger partial charge in [0.2, 0.25) is 0 Å². The molecule has 0 fully saturated rings. The van der Waals surface area contributed by atoms with Crippen molar-refractivity contribution in [2.24, 2.45) is 0 Å². The lowest BCUT2D eigenvalue weighted by molar-refractivity contribution is 1.01. The van der Waals surface area contributed by atoms with Gasteiger partial charge in [0.15, 0.2) is 0 Å². The Morgan fingerprint density at radius 1 is 1.69 bits per heavy atom. The van der Waals surface area contributed by atoms with E-state index in [2.05, 4.69) is 32.2 Å². The van der Waals surface area contributed by atoms with Crippen molar-refractivity contribution in [3.63, 3.8) is 0 Å². The number of halogens is 1. The molecule has 0 aliphatic carbocycles. The molecule has 0 bridgehead atoms. The molecule has 68 valence electrons. The molecule has 1 atom stereocenters. The van der Waals surface area contributed by atoms with Gasteiger partial charge in [-0.3, -0.25) is 0 Å². The Bertz CT molecular complexity index is 341. The number of rotatable bonds is 2. The molecule has 0 amide bonds. The Labute approximate surface area is 86.9 Å². The number of nitrogens with one attached hydrogen (secondary N) is 1. The van der Waals surface area contributed by atoms with Crippen LogP contribution in [-0.2, 0) is 0 Å². The minimum atomic E-state index is -0.00786. The molecule has 0 aliphatic rings. The molecule has 1 heterocycles. The summed E-state index contributed by atoms with van der Waals surface area (Å²) in [6.07, 6.45) is 7.05. The smallest absolute Gasteiger partial charge is 0.141 e. The fourth-order valence-electron chi connectivity index (χ4n) is 0.887. The number of pyridine rings is 1. The van der Waals surface area contributed by atoms with Gasteiger partial charge in [-0.2, -0.15) is 0 Å². The van der Waals surface area contributed by atoms with Crippen LogP contribution in [0.15, 0.2) is 16.7 Å². The Kier molecular flexibility index (Phi) is 3.32. The summed E-state index contributed by atoms with van der Waals surface area (Å²) in [5.74, 6) is 3.37. The second kappa shape index (κ2) is 4.29. The SMILES string of the molecule is C#CC(C)Nc1ncc(C)cc1Br. The average Bonchev–Trinajstić information content (AvgIpc) is 2.09. The molecule has 0 saturated carbocycles. The summed E-state index contributed by atoms with van der Waals surface area (Å²) in [6.45, 7) is 3.90. The summed E-state index contributed by atoms with van der Waals surface area (Å²) in [5, 5.41) is 3.09. The second-order valence-electron chi connectivity index (χ2n) is 2.88. The minimum absolute atomic E-state index is 0.00786. The first-order valence-electron chi connectivity index (χ1n) is 3.98. The van der Waals surface area contributed by atoms with Crippen LogP contribution in [-0.4, -0.2) is 11.0 Å². The Morgan fingerprint density at radius 3 is 2.92 bits per heavy atom. The predicted molar refractivity (Wildman–Crippen MR) is 58.6 cm³/mol. The normalized spacial score (nSPS) is 11.8. The lowest BCUT2D eigenvalue weighted by Crippen LogP contribution is -2.13. The zero-order valence-corrected chi connectivity index (χ0v) is 9.22. The second-order valence-corrected chi connectivity index (χ2v) is 3.73. The van der Waals surface area contributed by atoms with Crippen molar-refractivity contribution in [1.29, 1.82) is 0 Å². The maximum Gasteiger partial charge on any atom is 0.141 e. The van der Waals surface area contributed by atoms with Gasteiger partial charge in [-0.25, -0.2) is 4.98 Å². The molecule has 3 heteroatoms. The van der Waals surface area contributed by atoms with E-state index in [0.29, 0.717) is 0 Å². The van der Waals surface area contributed by atoms with Crippen molar-refractivity contribution >= 4 is 21.7 Å². The maximum absolute atomic E-state index is 5.24. The molecule has 1 unspecified atom stereocenters. The van der Waals surface area contributed by atoms with Gasteiger partial charge in [-0.1, -0.05) is 5.92 Å². The highest BCUT2D eigenvalue weighted by atomic mass is 79.9. The van der Waals surface area contributed by atoms with Crippen molar-refractivity contribution in [2.45, 2.75) is 19.9 Å². The fourth-order valence-corrected chi connectivity index (χ4v) is 1.46. The van der Waals surface area contributed by atoms with Crippen LogP contribution in [0.2, 0.25) is 0 Å². The summed E-state index contributed by atoms with van der Waals surface area (Å²) in [4.78, 5) is 4.21. The number of hydrogen-bond donors (Lipinski definition) is 1. The van der Waals surface area contributed by atoms with E-state index in [4.69, 9.17) is 6.42 Å². The van der Waals surface area contributed by atoms with Crippen molar-refractivity contribution in [3.8, 4) is 12.3 Å². The molecule has 13 heavy (non-hydrogen) atoms. The third-order valence-corrected chi connectivity index (χ3v) is 2.19. The lowest BCUT2D eigenvalue weighted by Gasteiger charge is -2.09. The minimum Gasteiger partial charge on any atom is -0.356 e. The Morgan fingerprint density at radius 2 is 2.38 bits per heavy atom. The lowest BCUT2D eigenvalue weighted by atomic mass is 10.3. The van der Waals surface area contributed by atoms with Crippen molar-refractivity contribution in [3.05, 3.63) is 22.3 Å². The summed E-state index contributed by atoms with van der Waals surface area (Å²) >= 11 is 3.41. The molecule has 2 nitrogen and oxygen atoms in total. The highest BCUT2D eigenvalue weighted by Crippen LogP contribution is 2.20. The summed E-state index contributed by atoms with van der Waals surface area (Å²) in [7, 11) is 0. The zero-order valence-electron chi connectivity index (χ0n) is 7.63. The number of anilines is 1. The number of terminal acetylenes is 1. The van der Waals surface area contributed by atoms with Crippen LogP contribution in [0.5, 0.6) is 0 Å². The van der Waals surface area contributed by atoms with Gasteiger partial charge in [0, 0.05) is 6.20 Å². The Hall–Kier alpha value is -1.01. The fraction of sp³-hybridized carbons (Fsp3) is 0.300. The van der Waals surface area contributed by atoms with Gasteiger partial charge in [0.05, 0.1) is 10.5 Å². The van der Waals surface area contributed by atoms with E-state index < -0.39 is 0 Å². The Balaban J connectivity index is 2.85. The molecule has 1 N–H and O–H groups in total. The van der Waals surface area contributed by atoms with Gasteiger partial charge in [-0.15, -0.1) is 6.42 Å². The van der Waals surface area contributed by atoms with Gasteiger partial charge < -0.3 is 5.32 Å². The number of hydrogen-bond acceptors (Lipinski definition) is 2. The van der Waals surface area contributed by atoms with Gasteiger partial charge in [0.1, 0.15) is 5.82 Å². The van der Waals surface area contributed by atoms with E-state index in [1.165, 1.54) is 0 Å². The van der Waals surface area contributed by atoms with E-state index in [-0.39, 0.29) is 6.04 Å². The van der Waals surface area contributed by atoms with E-state index >= 15 is 0 Å². The number of aryl methyl sites for hydroxylation is 1. The summed E-state index contributed by atoms with van der Waals surface area (Å²) in [5.41, 5.74) is 1.12. The van der Waals surface area contributed by atoms with Crippen molar-refractivity contribution in [1.82, 2.24) is 4.98 Å². The van der Waals surface area contributed by atoms with Crippen LogP contribution in [0, 0.1) is 19.3 Å². The maximum atomic E-state index is 5.24. The van der Waals surface area contributed by atoms with Crippen LogP contribution in [0.3, 0.4) is 0 Å². The van der Waals surface area contributed by atoms with Crippen LogP contribution < -0.4 is 5.32 Å². The standard InChI is InChI=1S/C10H11BrN2/c1-4-8(3)13-10-9(11)5-7(2)6-12-10/h1,5-6,8H,2-3H3,(H,12,13). The molecule has 0 aromatic carbocycles. The third-order valence-electron chi connectivity index (χ3n) is 1.58. The topological polar surface area (TPSA) is 24.9 Å². The molecule has 0 saturated heterocycles. The highest BCUT2D eigenvalue weighted by Gasteiger charge is 2.03. The number of nitrogens with zero attached hydrogens (tertiary/aromatic N) is 1. The average molecular weight is 239 g/mol. The van der Waals surface area contributed by atoms with Gasteiger partial charge >= 0.3 is 0 Å². The molecule has 0 aliphatic heterocycles. The summed E-state index contributed by atoms with van der Waals surface area (Å²) in [6, 6.07) is 1.99. The van der Waals surface area contributed by atoms with Crippen LogP contribution in [0.4, 0.5) is 5.82 Å². The summed E-state index contributed by atoms with van der Waals surface area (Å²) < 4.78 is 0.939. The predicted octanol–water partition coefficient (Wildman–Crippen LogP) is 2.59. The van der Waals surface area contributed by atoms with E-state index in [0.717, 1.165) is 15.9 Å².